The minimum Gasteiger partial charge on any atom is -0.310 e. The molecule has 4 heteroatoms. The van der Waals surface area contributed by atoms with Crippen molar-refractivity contribution in [3.8, 4) is 0 Å². The second-order valence-electron chi connectivity index (χ2n) is 6.09. The highest BCUT2D eigenvalue weighted by Crippen LogP contribution is 2.60. The van der Waals surface area contributed by atoms with E-state index in [2.05, 4.69) is 12.2 Å². The molecule has 1 N–H and O–H groups in total. The Balaban J connectivity index is 1.57. The van der Waals surface area contributed by atoms with E-state index in [9.17, 15) is 10.1 Å². The molecule has 1 atom stereocenters. The first kappa shape index (κ1) is 12.6. The fourth-order valence-corrected chi connectivity index (χ4v) is 2.94. The van der Waals surface area contributed by atoms with Gasteiger partial charge in [-0.25, -0.2) is 0 Å². The molecule has 0 heterocycles. The van der Waals surface area contributed by atoms with Crippen LogP contribution in [0.25, 0.3) is 0 Å². The quantitative estimate of drug-likeness (QED) is 0.629. The van der Waals surface area contributed by atoms with Gasteiger partial charge in [-0.1, -0.05) is 12.1 Å². The lowest BCUT2D eigenvalue weighted by Gasteiger charge is -2.20. The normalized spacial score (nSPS) is 21.9. The van der Waals surface area contributed by atoms with Gasteiger partial charge in [-0.05, 0) is 49.5 Å². The zero-order valence-corrected chi connectivity index (χ0v) is 11.3. The second kappa shape index (κ2) is 4.60. The van der Waals surface area contributed by atoms with Crippen molar-refractivity contribution in [2.45, 2.75) is 38.6 Å². The smallest absolute Gasteiger partial charge is 0.269 e. The van der Waals surface area contributed by atoms with Crippen LogP contribution in [0.2, 0.25) is 0 Å². The Morgan fingerprint density at radius 1 is 1.37 bits per heavy atom. The maximum atomic E-state index is 10.6. The average molecular weight is 260 g/mol. The van der Waals surface area contributed by atoms with Gasteiger partial charge in [-0.3, -0.25) is 10.1 Å². The summed E-state index contributed by atoms with van der Waals surface area (Å²) in [5, 5.41) is 14.2. The average Bonchev–Trinajstić information content (AvgIpc) is 3.28. The van der Waals surface area contributed by atoms with Gasteiger partial charge in [0.15, 0.2) is 0 Å². The number of hydrogen-bond donors (Lipinski definition) is 1. The van der Waals surface area contributed by atoms with Crippen molar-refractivity contribution >= 4 is 5.69 Å². The van der Waals surface area contributed by atoms with E-state index in [-0.39, 0.29) is 16.7 Å². The van der Waals surface area contributed by atoms with Crippen molar-refractivity contribution in [1.29, 1.82) is 0 Å². The van der Waals surface area contributed by atoms with E-state index in [1.54, 1.807) is 12.1 Å². The lowest BCUT2D eigenvalue weighted by atomic mass is 9.99. The molecule has 1 aromatic rings. The minimum atomic E-state index is -0.353. The van der Waals surface area contributed by atoms with Gasteiger partial charge >= 0.3 is 0 Å². The van der Waals surface area contributed by atoms with Gasteiger partial charge in [-0.15, -0.1) is 0 Å². The summed E-state index contributed by atoms with van der Waals surface area (Å²) < 4.78 is 0. The van der Waals surface area contributed by atoms with E-state index in [1.807, 2.05) is 12.1 Å². The third kappa shape index (κ3) is 2.63. The van der Waals surface area contributed by atoms with Crippen LogP contribution in [-0.2, 0) is 0 Å². The summed E-state index contributed by atoms with van der Waals surface area (Å²) in [6, 6.07) is 7.14. The predicted molar refractivity (Wildman–Crippen MR) is 73.9 cm³/mol. The van der Waals surface area contributed by atoms with Gasteiger partial charge < -0.3 is 5.32 Å². The fourth-order valence-electron chi connectivity index (χ4n) is 2.94. The Bertz CT molecular complexity index is 475. The van der Waals surface area contributed by atoms with E-state index >= 15 is 0 Å². The van der Waals surface area contributed by atoms with Crippen LogP contribution < -0.4 is 5.32 Å². The predicted octanol–water partition coefficient (Wildman–Crippen LogP) is 3.44. The van der Waals surface area contributed by atoms with Gasteiger partial charge in [-0.2, -0.15) is 0 Å². The summed E-state index contributed by atoms with van der Waals surface area (Å²) >= 11 is 0. The van der Waals surface area contributed by atoms with Gasteiger partial charge in [0.25, 0.3) is 5.69 Å². The molecule has 1 aromatic carbocycles. The topological polar surface area (TPSA) is 55.2 Å². The monoisotopic (exact) mass is 260 g/mol. The maximum absolute atomic E-state index is 10.6. The molecule has 0 aromatic heterocycles. The zero-order chi connectivity index (χ0) is 13.5. The number of nitrogens with one attached hydrogen (secondary N) is 1. The van der Waals surface area contributed by atoms with Crippen LogP contribution in [0.4, 0.5) is 5.69 Å². The SMILES string of the molecule is CC(NCC1(C2CC2)CC1)c1ccc([N+](=O)[O-])cc1. The fraction of sp³-hybridized carbons (Fsp3) is 0.600. The molecule has 2 fully saturated rings. The molecular weight excluding hydrogens is 240 g/mol. The summed E-state index contributed by atoms with van der Waals surface area (Å²) in [4.78, 5) is 10.3. The van der Waals surface area contributed by atoms with E-state index in [0.717, 1.165) is 18.0 Å². The third-order valence-electron chi connectivity index (χ3n) is 4.70. The van der Waals surface area contributed by atoms with E-state index < -0.39 is 0 Å². The molecular formula is C15H20N2O2. The third-order valence-corrected chi connectivity index (χ3v) is 4.70. The molecule has 19 heavy (non-hydrogen) atoms. The number of hydrogen-bond acceptors (Lipinski definition) is 3. The summed E-state index contributed by atoms with van der Waals surface area (Å²) in [5.74, 6) is 0.962. The van der Waals surface area contributed by atoms with Gasteiger partial charge in [0.2, 0.25) is 0 Å². The Morgan fingerprint density at radius 2 is 2.00 bits per heavy atom. The van der Waals surface area contributed by atoms with Crippen LogP contribution in [0.15, 0.2) is 24.3 Å². The molecule has 0 spiro atoms. The van der Waals surface area contributed by atoms with Gasteiger partial charge in [0.05, 0.1) is 4.92 Å². The molecule has 2 saturated carbocycles. The summed E-state index contributed by atoms with van der Waals surface area (Å²) in [7, 11) is 0. The molecule has 2 aliphatic rings. The Labute approximate surface area is 113 Å². The van der Waals surface area contributed by atoms with E-state index in [1.165, 1.54) is 25.7 Å². The molecule has 0 aliphatic heterocycles. The number of rotatable bonds is 6. The van der Waals surface area contributed by atoms with Crippen molar-refractivity contribution in [1.82, 2.24) is 5.32 Å². The van der Waals surface area contributed by atoms with Crippen LogP contribution in [0.1, 0.15) is 44.2 Å². The maximum Gasteiger partial charge on any atom is 0.269 e. The van der Waals surface area contributed by atoms with Crippen LogP contribution in [0.5, 0.6) is 0 Å². The Hall–Kier alpha value is -1.42. The first-order chi connectivity index (χ1) is 9.11. The van der Waals surface area contributed by atoms with Crippen molar-refractivity contribution < 1.29 is 4.92 Å². The minimum absolute atomic E-state index is 0.160. The highest BCUT2D eigenvalue weighted by atomic mass is 16.6. The largest absolute Gasteiger partial charge is 0.310 e. The van der Waals surface area contributed by atoms with Crippen molar-refractivity contribution in [3.05, 3.63) is 39.9 Å². The van der Waals surface area contributed by atoms with Crippen molar-refractivity contribution in [2.75, 3.05) is 6.54 Å². The Kier molecular flexibility index (Phi) is 3.05. The highest BCUT2D eigenvalue weighted by molar-refractivity contribution is 5.34. The lowest BCUT2D eigenvalue weighted by molar-refractivity contribution is -0.384. The lowest BCUT2D eigenvalue weighted by Crippen LogP contribution is -2.27. The van der Waals surface area contributed by atoms with Crippen LogP contribution >= 0.6 is 0 Å². The summed E-state index contributed by atoms with van der Waals surface area (Å²) in [6.07, 6.45) is 5.57. The van der Waals surface area contributed by atoms with Crippen molar-refractivity contribution in [3.63, 3.8) is 0 Å². The van der Waals surface area contributed by atoms with Gasteiger partial charge in [0.1, 0.15) is 0 Å². The number of nitrogens with zero attached hydrogens (tertiary/aromatic N) is 1. The van der Waals surface area contributed by atoms with E-state index in [0.29, 0.717) is 5.41 Å². The number of benzene rings is 1. The second-order valence-corrected chi connectivity index (χ2v) is 6.09. The zero-order valence-electron chi connectivity index (χ0n) is 11.3. The van der Waals surface area contributed by atoms with E-state index in [4.69, 9.17) is 0 Å². The molecule has 1 unspecified atom stereocenters. The summed E-state index contributed by atoms with van der Waals surface area (Å²) in [5.41, 5.74) is 1.87. The number of nitro groups is 1. The van der Waals surface area contributed by atoms with Crippen LogP contribution in [-0.4, -0.2) is 11.5 Å². The molecule has 0 amide bonds. The first-order valence-corrected chi connectivity index (χ1v) is 7.08. The molecule has 0 bridgehead atoms. The van der Waals surface area contributed by atoms with Crippen molar-refractivity contribution in [2.24, 2.45) is 11.3 Å². The molecule has 4 nitrogen and oxygen atoms in total. The molecule has 0 saturated heterocycles. The molecule has 0 radical (unpaired) electrons. The Morgan fingerprint density at radius 3 is 2.47 bits per heavy atom. The first-order valence-electron chi connectivity index (χ1n) is 7.08. The number of non-ortho nitro benzene ring substituents is 1. The van der Waals surface area contributed by atoms with Gasteiger partial charge in [0, 0.05) is 24.7 Å². The van der Waals surface area contributed by atoms with Crippen LogP contribution in [0, 0.1) is 21.4 Å². The molecule has 102 valence electrons. The molecule has 3 rings (SSSR count). The highest BCUT2D eigenvalue weighted by Gasteiger charge is 2.53. The van der Waals surface area contributed by atoms with Crippen LogP contribution in [0.3, 0.4) is 0 Å². The number of nitro benzene ring substituents is 1. The molecule has 2 aliphatic carbocycles. The summed E-state index contributed by atoms with van der Waals surface area (Å²) in [6.45, 7) is 3.22. The standard InChI is InChI=1S/C15H20N2O2/c1-11(12-2-6-14(7-3-12)17(18)19)16-10-15(8-9-15)13-4-5-13/h2-3,6-7,11,13,16H,4-5,8-10H2,1H3.